The second-order valence-corrected chi connectivity index (χ2v) is 11.6. The van der Waals surface area contributed by atoms with Gasteiger partial charge in [-0.05, 0) is 80.2 Å². The van der Waals surface area contributed by atoms with E-state index in [0.29, 0.717) is 0 Å². The van der Waals surface area contributed by atoms with Crippen molar-refractivity contribution in [3.63, 3.8) is 0 Å². The zero-order valence-electron chi connectivity index (χ0n) is 24.6. The molecule has 9 rings (SSSR count). The zero-order valence-corrected chi connectivity index (χ0v) is 24.6. The van der Waals surface area contributed by atoms with E-state index >= 15 is 0 Å². The van der Waals surface area contributed by atoms with E-state index in [1.807, 2.05) is 18.3 Å². The minimum atomic E-state index is 0.985. The highest BCUT2D eigenvalue weighted by Gasteiger charge is 2.17. The van der Waals surface area contributed by atoms with E-state index in [9.17, 15) is 0 Å². The Morgan fingerprint density at radius 2 is 0.733 bits per heavy atom. The Balaban J connectivity index is 1.23. The van der Waals surface area contributed by atoms with Gasteiger partial charge in [0.1, 0.15) is 0 Å². The van der Waals surface area contributed by atoms with Crippen LogP contribution in [-0.2, 0) is 0 Å². The molecule has 2 aromatic heterocycles. The number of nitrogens with zero attached hydrogens (tertiary/aromatic N) is 2. The number of hydrogen-bond acceptors (Lipinski definition) is 1. The molecule has 2 nitrogen and oxygen atoms in total. The molecular weight excluding hydrogens is 544 g/mol. The lowest BCUT2D eigenvalue weighted by Gasteiger charge is -2.18. The summed E-state index contributed by atoms with van der Waals surface area (Å²) in [4.78, 5) is 4.55. The summed E-state index contributed by atoms with van der Waals surface area (Å²) in [7, 11) is 0. The SMILES string of the molecule is c1ccc(-c2ccc(-c3c4ccccc4c(-c4ccc(-n5c6ccccc6c6ccccc65)cc4)c4ccccc34)cc2)nc1. The van der Waals surface area contributed by atoms with Crippen molar-refractivity contribution in [2.75, 3.05) is 0 Å². The Morgan fingerprint density at radius 3 is 1.20 bits per heavy atom. The van der Waals surface area contributed by atoms with Gasteiger partial charge in [-0.2, -0.15) is 0 Å². The van der Waals surface area contributed by atoms with Crippen LogP contribution in [0.15, 0.2) is 170 Å². The van der Waals surface area contributed by atoms with Crippen LogP contribution in [0.5, 0.6) is 0 Å². The molecule has 0 N–H and O–H groups in total. The van der Waals surface area contributed by atoms with Crippen LogP contribution in [0.2, 0.25) is 0 Å². The number of para-hydroxylation sites is 2. The lowest BCUT2D eigenvalue weighted by Crippen LogP contribution is -1.94. The molecule has 0 amide bonds. The number of fused-ring (bicyclic) bond motifs is 5. The van der Waals surface area contributed by atoms with Crippen molar-refractivity contribution in [1.29, 1.82) is 0 Å². The predicted octanol–water partition coefficient (Wildman–Crippen LogP) is 11.5. The van der Waals surface area contributed by atoms with E-state index in [-0.39, 0.29) is 0 Å². The van der Waals surface area contributed by atoms with Gasteiger partial charge in [0.25, 0.3) is 0 Å². The average Bonchev–Trinajstić information content (AvgIpc) is 3.45. The third-order valence-electron chi connectivity index (χ3n) is 9.06. The minimum absolute atomic E-state index is 0.985. The van der Waals surface area contributed by atoms with E-state index < -0.39 is 0 Å². The standard InChI is InChI=1S/C43H28N2/c1-3-15-37-35(13-1)42(30-22-20-29(21-23-30)39-17-9-10-28-44-39)36-14-2-4-16-38(36)43(37)31-24-26-32(27-25-31)45-40-18-7-5-11-33(40)34-12-6-8-19-41(34)45/h1-28H. The summed E-state index contributed by atoms with van der Waals surface area (Å²) in [6.45, 7) is 0. The molecular formula is C43H28N2. The third-order valence-corrected chi connectivity index (χ3v) is 9.06. The Bertz CT molecular complexity index is 2390. The maximum Gasteiger partial charge on any atom is 0.0701 e. The van der Waals surface area contributed by atoms with Crippen LogP contribution >= 0.6 is 0 Å². The number of hydrogen-bond donors (Lipinski definition) is 0. The first-order chi connectivity index (χ1) is 22.3. The largest absolute Gasteiger partial charge is 0.309 e. The Kier molecular flexibility index (Phi) is 5.85. The number of rotatable bonds is 4. The number of pyridine rings is 1. The topological polar surface area (TPSA) is 17.8 Å². The fraction of sp³-hybridized carbons (Fsp3) is 0. The van der Waals surface area contributed by atoms with Gasteiger partial charge >= 0.3 is 0 Å². The molecule has 0 aliphatic rings. The molecule has 7 aromatic carbocycles. The first kappa shape index (κ1) is 25.5. The molecule has 2 heteroatoms. The molecule has 0 fully saturated rings. The smallest absolute Gasteiger partial charge is 0.0701 e. The lowest BCUT2D eigenvalue weighted by molar-refractivity contribution is 1.18. The average molecular weight is 573 g/mol. The second-order valence-electron chi connectivity index (χ2n) is 11.6. The highest BCUT2D eigenvalue weighted by atomic mass is 15.0. The molecule has 0 unspecified atom stereocenters. The van der Waals surface area contributed by atoms with Gasteiger partial charge < -0.3 is 4.57 Å². The van der Waals surface area contributed by atoms with Crippen LogP contribution in [0, 0.1) is 0 Å². The maximum atomic E-state index is 4.55. The minimum Gasteiger partial charge on any atom is -0.309 e. The molecule has 0 aliphatic heterocycles. The molecule has 0 radical (unpaired) electrons. The molecule has 210 valence electrons. The summed E-state index contributed by atoms with van der Waals surface area (Å²) in [6.07, 6.45) is 1.85. The van der Waals surface area contributed by atoms with Crippen molar-refractivity contribution in [3.8, 4) is 39.2 Å². The highest BCUT2D eigenvalue weighted by Crippen LogP contribution is 2.44. The summed E-state index contributed by atoms with van der Waals surface area (Å²) >= 11 is 0. The quantitative estimate of drug-likeness (QED) is 0.192. The van der Waals surface area contributed by atoms with Gasteiger partial charge in [0.15, 0.2) is 0 Å². The van der Waals surface area contributed by atoms with Crippen LogP contribution in [0.3, 0.4) is 0 Å². The summed E-state index contributed by atoms with van der Waals surface area (Å²) in [5.74, 6) is 0. The van der Waals surface area contributed by atoms with E-state index in [4.69, 9.17) is 0 Å². The molecule has 0 atom stereocenters. The Morgan fingerprint density at radius 1 is 0.333 bits per heavy atom. The van der Waals surface area contributed by atoms with Gasteiger partial charge in [0.2, 0.25) is 0 Å². The van der Waals surface area contributed by atoms with Crippen molar-refractivity contribution >= 4 is 43.4 Å². The van der Waals surface area contributed by atoms with Crippen molar-refractivity contribution in [3.05, 3.63) is 170 Å². The summed E-state index contributed by atoms with van der Waals surface area (Å²) < 4.78 is 2.38. The fourth-order valence-electron chi connectivity index (χ4n) is 7.07. The molecule has 0 aliphatic carbocycles. The molecule has 0 bridgehead atoms. The molecule has 9 aromatic rings. The van der Waals surface area contributed by atoms with E-state index in [0.717, 1.165) is 16.9 Å². The van der Waals surface area contributed by atoms with E-state index in [2.05, 4.69) is 161 Å². The van der Waals surface area contributed by atoms with Gasteiger partial charge in [0, 0.05) is 28.2 Å². The Hall–Kier alpha value is -5.99. The number of aromatic nitrogens is 2. The Labute approximate surface area is 261 Å². The van der Waals surface area contributed by atoms with Crippen LogP contribution in [0.25, 0.3) is 82.5 Å². The van der Waals surface area contributed by atoms with Crippen LogP contribution in [0.4, 0.5) is 0 Å². The van der Waals surface area contributed by atoms with Gasteiger partial charge in [-0.15, -0.1) is 0 Å². The van der Waals surface area contributed by atoms with Crippen LogP contribution < -0.4 is 0 Å². The van der Waals surface area contributed by atoms with Crippen molar-refractivity contribution < 1.29 is 0 Å². The summed E-state index contributed by atoms with van der Waals surface area (Å²) in [5, 5.41) is 7.57. The second kappa shape index (κ2) is 10.3. The van der Waals surface area contributed by atoms with Crippen LogP contribution in [0.1, 0.15) is 0 Å². The summed E-state index contributed by atoms with van der Waals surface area (Å²) in [6, 6.07) is 59.0. The summed E-state index contributed by atoms with van der Waals surface area (Å²) in [5.41, 5.74) is 10.7. The molecule has 0 spiro atoms. The van der Waals surface area contributed by atoms with Gasteiger partial charge in [0.05, 0.1) is 16.7 Å². The lowest BCUT2D eigenvalue weighted by atomic mass is 9.86. The third kappa shape index (κ3) is 4.07. The predicted molar refractivity (Wildman–Crippen MR) is 190 cm³/mol. The van der Waals surface area contributed by atoms with E-state index in [1.54, 1.807) is 0 Å². The van der Waals surface area contributed by atoms with Crippen molar-refractivity contribution in [1.82, 2.24) is 9.55 Å². The molecule has 0 saturated carbocycles. The first-order valence-electron chi connectivity index (χ1n) is 15.4. The fourth-order valence-corrected chi connectivity index (χ4v) is 7.07. The monoisotopic (exact) mass is 572 g/mol. The maximum absolute atomic E-state index is 4.55. The highest BCUT2D eigenvalue weighted by molar-refractivity contribution is 6.21. The van der Waals surface area contributed by atoms with Crippen LogP contribution in [-0.4, -0.2) is 9.55 Å². The molecule has 0 saturated heterocycles. The van der Waals surface area contributed by atoms with Crippen molar-refractivity contribution in [2.24, 2.45) is 0 Å². The van der Waals surface area contributed by atoms with Gasteiger partial charge in [-0.1, -0.05) is 127 Å². The first-order valence-corrected chi connectivity index (χ1v) is 15.4. The normalized spacial score (nSPS) is 11.6. The zero-order chi connectivity index (χ0) is 29.7. The molecule has 45 heavy (non-hydrogen) atoms. The van der Waals surface area contributed by atoms with E-state index in [1.165, 1.54) is 65.6 Å². The van der Waals surface area contributed by atoms with Crippen molar-refractivity contribution in [2.45, 2.75) is 0 Å². The number of benzene rings is 7. The van der Waals surface area contributed by atoms with Gasteiger partial charge in [-0.3, -0.25) is 4.98 Å². The molecule has 2 heterocycles. The van der Waals surface area contributed by atoms with Gasteiger partial charge in [-0.25, -0.2) is 0 Å².